The Labute approximate surface area is 138 Å². The highest BCUT2D eigenvalue weighted by Gasteiger charge is 2.19. The number of carboxylic acids is 1. The van der Waals surface area contributed by atoms with E-state index in [0.717, 1.165) is 0 Å². The molecule has 0 bridgehead atoms. The number of carboxylic acid groups (broad SMARTS) is 1. The summed E-state index contributed by atoms with van der Waals surface area (Å²) in [6.45, 7) is 5.18. The van der Waals surface area contributed by atoms with Gasteiger partial charge in [0.2, 0.25) is 0 Å². The van der Waals surface area contributed by atoms with Crippen LogP contribution in [-0.4, -0.2) is 28.0 Å². The Morgan fingerprint density at radius 1 is 0.958 bits per heavy atom. The number of carbonyl (C=O) groups excluding carboxylic acids is 1. The molecule has 0 heterocycles. The van der Waals surface area contributed by atoms with E-state index in [9.17, 15) is 14.7 Å². The van der Waals surface area contributed by atoms with Gasteiger partial charge in [0.05, 0.1) is 16.8 Å². The van der Waals surface area contributed by atoms with Crippen molar-refractivity contribution in [2.24, 2.45) is 5.16 Å². The minimum Gasteiger partial charge on any atom is -0.478 e. The monoisotopic (exact) mass is 325 g/mol. The lowest BCUT2D eigenvalue weighted by atomic mass is 10.0. The molecule has 0 radical (unpaired) electrons. The van der Waals surface area contributed by atoms with Gasteiger partial charge in [0, 0.05) is 11.1 Å². The Bertz CT molecular complexity index is 839. The zero-order chi connectivity index (χ0) is 17.7. The van der Waals surface area contributed by atoms with Crippen molar-refractivity contribution < 1.29 is 24.6 Å². The summed E-state index contributed by atoms with van der Waals surface area (Å²) in [4.78, 5) is 23.6. The van der Waals surface area contributed by atoms with Crippen LogP contribution in [0.25, 0.3) is 5.76 Å². The molecular formula is C18H15NO5. The number of oxime groups is 1. The summed E-state index contributed by atoms with van der Waals surface area (Å²) in [5.41, 5.74) is 1.03. The molecule has 6 heteroatoms. The van der Waals surface area contributed by atoms with Gasteiger partial charge in [-0.2, -0.15) is 0 Å². The van der Waals surface area contributed by atoms with Crippen LogP contribution in [0.3, 0.4) is 0 Å². The third kappa shape index (κ3) is 3.49. The van der Waals surface area contributed by atoms with Gasteiger partial charge in [-0.15, -0.1) is 0 Å². The molecule has 2 N–H and O–H groups in total. The van der Waals surface area contributed by atoms with Crippen LogP contribution in [0.15, 0.2) is 60.3 Å². The average Bonchev–Trinajstić information content (AvgIpc) is 2.60. The largest absolute Gasteiger partial charge is 0.478 e. The molecule has 0 amide bonds. The summed E-state index contributed by atoms with van der Waals surface area (Å²) in [6, 6.07) is 12.5. The lowest BCUT2D eigenvalue weighted by Gasteiger charge is -2.12. The van der Waals surface area contributed by atoms with Crippen LogP contribution >= 0.6 is 0 Å². The van der Waals surface area contributed by atoms with Crippen molar-refractivity contribution in [3.63, 3.8) is 0 Å². The molecule has 122 valence electrons. The SMILES string of the molecule is C=C(OC(=O)c1ccccc1C(C)=NO)c1ccccc1C(=O)O. The Kier molecular flexibility index (Phi) is 5.11. The summed E-state index contributed by atoms with van der Waals surface area (Å²) < 4.78 is 5.22. The lowest BCUT2D eigenvalue weighted by molar-refractivity contribution is 0.0672. The van der Waals surface area contributed by atoms with E-state index in [2.05, 4.69) is 11.7 Å². The number of benzene rings is 2. The van der Waals surface area contributed by atoms with Crippen molar-refractivity contribution in [3.05, 3.63) is 77.4 Å². The first-order valence-electron chi connectivity index (χ1n) is 6.97. The fourth-order valence-electron chi connectivity index (χ4n) is 2.17. The molecule has 0 aliphatic heterocycles. The maximum Gasteiger partial charge on any atom is 0.344 e. The Morgan fingerprint density at radius 2 is 1.46 bits per heavy atom. The van der Waals surface area contributed by atoms with Crippen LogP contribution in [-0.2, 0) is 4.74 Å². The number of nitrogens with zero attached hydrogens (tertiary/aromatic N) is 1. The number of esters is 1. The van der Waals surface area contributed by atoms with Gasteiger partial charge in [0.1, 0.15) is 5.76 Å². The summed E-state index contributed by atoms with van der Waals surface area (Å²) in [5, 5.41) is 21.2. The van der Waals surface area contributed by atoms with Crippen molar-refractivity contribution in [2.45, 2.75) is 6.92 Å². The van der Waals surface area contributed by atoms with Gasteiger partial charge in [-0.05, 0) is 19.1 Å². The van der Waals surface area contributed by atoms with Gasteiger partial charge in [-0.25, -0.2) is 9.59 Å². The number of hydrogen-bond acceptors (Lipinski definition) is 5. The molecule has 0 atom stereocenters. The molecular weight excluding hydrogens is 310 g/mol. The van der Waals surface area contributed by atoms with Gasteiger partial charge in [-0.1, -0.05) is 48.1 Å². The topological polar surface area (TPSA) is 96.2 Å². The molecule has 0 aromatic heterocycles. The number of hydrogen-bond donors (Lipinski definition) is 2. The lowest BCUT2D eigenvalue weighted by Crippen LogP contribution is -2.11. The second-order valence-corrected chi connectivity index (χ2v) is 4.89. The van der Waals surface area contributed by atoms with Crippen LogP contribution < -0.4 is 0 Å². The summed E-state index contributed by atoms with van der Waals surface area (Å²) >= 11 is 0. The quantitative estimate of drug-likeness (QED) is 0.289. The first kappa shape index (κ1) is 17.0. The second kappa shape index (κ2) is 7.23. The maximum absolute atomic E-state index is 12.4. The van der Waals surface area contributed by atoms with Crippen LogP contribution in [0, 0.1) is 0 Å². The number of carbonyl (C=O) groups is 2. The first-order valence-corrected chi connectivity index (χ1v) is 6.97. The van der Waals surface area contributed by atoms with Gasteiger partial charge >= 0.3 is 11.9 Å². The average molecular weight is 325 g/mol. The van der Waals surface area contributed by atoms with E-state index in [4.69, 9.17) is 9.94 Å². The summed E-state index contributed by atoms with van der Waals surface area (Å²) in [6.07, 6.45) is 0. The molecule has 0 aliphatic carbocycles. The predicted molar refractivity (Wildman–Crippen MR) is 88.3 cm³/mol. The Morgan fingerprint density at radius 3 is 2.00 bits per heavy atom. The zero-order valence-corrected chi connectivity index (χ0v) is 12.9. The standard InChI is InChI=1S/C18H15NO5/c1-11(19-23)13-7-3-6-10-16(13)18(22)24-12(2)14-8-4-5-9-15(14)17(20)21/h3-10,23H,2H2,1H3,(H,20,21). The van der Waals surface area contributed by atoms with E-state index >= 15 is 0 Å². The van der Waals surface area contributed by atoms with Crippen LogP contribution in [0.5, 0.6) is 0 Å². The van der Waals surface area contributed by atoms with Crippen molar-refractivity contribution in [1.29, 1.82) is 0 Å². The smallest absolute Gasteiger partial charge is 0.344 e. The van der Waals surface area contributed by atoms with E-state index < -0.39 is 11.9 Å². The molecule has 0 saturated carbocycles. The predicted octanol–water partition coefficient (Wildman–Crippen LogP) is 3.41. The number of rotatable bonds is 5. The second-order valence-electron chi connectivity index (χ2n) is 4.89. The zero-order valence-electron chi connectivity index (χ0n) is 12.9. The molecule has 24 heavy (non-hydrogen) atoms. The molecule has 2 rings (SSSR count). The normalized spacial score (nSPS) is 11.0. The minimum absolute atomic E-state index is 0.0170. The molecule has 2 aromatic carbocycles. The third-order valence-electron chi connectivity index (χ3n) is 3.36. The maximum atomic E-state index is 12.4. The summed E-state index contributed by atoms with van der Waals surface area (Å²) in [7, 11) is 0. The number of ether oxygens (including phenoxy) is 1. The van der Waals surface area contributed by atoms with Crippen molar-refractivity contribution >= 4 is 23.4 Å². The molecule has 0 saturated heterocycles. The Balaban J connectivity index is 2.32. The van der Waals surface area contributed by atoms with E-state index in [1.807, 2.05) is 0 Å². The number of aromatic carboxylic acids is 1. The van der Waals surface area contributed by atoms with Crippen molar-refractivity contribution in [2.75, 3.05) is 0 Å². The van der Waals surface area contributed by atoms with Gasteiger partial charge in [-0.3, -0.25) is 0 Å². The molecule has 2 aromatic rings. The van der Waals surface area contributed by atoms with Crippen LogP contribution in [0.4, 0.5) is 0 Å². The Hall–Kier alpha value is -3.41. The molecule has 6 nitrogen and oxygen atoms in total. The summed E-state index contributed by atoms with van der Waals surface area (Å²) in [5.74, 6) is -1.95. The highest BCUT2D eigenvalue weighted by atomic mass is 16.5. The van der Waals surface area contributed by atoms with Crippen LogP contribution in [0.1, 0.15) is 38.8 Å². The van der Waals surface area contributed by atoms with Crippen molar-refractivity contribution in [1.82, 2.24) is 0 Å². The fourth-order valence-corrected chi connectivity index (χ4v) is 2.17. The van der Waals surface area contributed by atoms with E-state index in [1.54, 1.807) is 37.3 Å². The highest BCUT2D eigenvalue weighted by molar-refractivity contribution is 6.08. The van der Waals surface area contributed by atoms with E-state index in [1.165, 1.54) is 18.2 Å². The molecule has 0 fully saturated rings. The minimum atomic E-state index is -1.15. The molecule has 0 unspecified atom stereocenters. The van der Waals surface area contributed by atoms with Gasteiger partial charge < -0.3 is 15.1 Å². The van der Waals surface area contributed by atoms with E-state index in [-0.39, 0.29) is 28.2 Å². The first-order chi connectivity index (χ1) is 11.5. The molecule has 0 spiro atoms. The van der Waals surface area contributed by atoms with E-state index in [0.29, 0.717) is 5.56 Å². The fraction of sp³-hybridized carbons (Fsp3) is 0.0556. The van der Waals surface area contributed by atoms with Crippen molar-refractivity contribution in [3.8, 4) is 0 Å². The van der Waals surface area contributed by atoms with Gasteiger partial charge in [0.15, 0.2) is 0 Å². The van der Waals surface area contributed by atoms with Crippen LogP contribution in [0.2, 0.25) is 0 Å². The third-order valence-corrected chi connectivity index (χ3v) is 3.36. The van der Waals surface area contributed by atoms with Gasteiger partial charge in [0.25, 0.3) is 0 Å². The highest BCUT2D eigenvalue weighted by Crippen LogP contribution is 2.21. The molecule has 0 aliphatic rings.